The molecule has 0 bridgehead atoms. The molecule has 0 atom stereocenters. The molecule has 4 aromatic rings. The average Bonchev–Trinajstić information content (AvgIpc) is 3.27. The van der Waals surface area contributed by atoms with Crippen LogP contribution in [0.4, 0.5) is 0 Å². The predicted octanol–water partition coefficient (Wildman–Crippen LogP) is 2.62. The summed E-state index contributed by atoms with van der Waals surface area (Å²) >= 11 is 0. The standard InChI is InChI=1S/C21H24N6O2.ClH/c1-27-11-15(19-17(27)7-18(28-2)21(26-19)29-3)16-6-14-12(4-5-23-20(14)25-16)8-24-13-9-22-10-13;/h4-7,11,13,22,24H,8-10H2,1-3H3,(H,23,25);1H. The minimum absolute atomic E-state index is 0. The third-order valence-corrected chi connectivity index (χ3v) is 5.58. The minimum atomic E-state index is 0. The van der Waals surface area contributed by atoms with E-state index in [-0.39, 0.29) is 12.4 Å². The van der Waals surface area contributed by atoms with Crippen LogP contribution in [0, 0.1) is 0 Å². The van der Waals surface area contributed by atoms with Crippen molar-refractivity contribution in [1.29, 1.82) is 0 Å². The van der Waals surface area contributed by atoms with Gasteiger partial charge in [-0.3, -0.25) is 0 Å². The van der Waals surface area contributed by atoms with E-state index in [1.165, 1.54) is 5.56 Å². The summed E-state index contributed by atoms with van der Waals surface area (Å²) in [6.07, 6.45) is 3.92. The highest BCUT2D eigenvalue weighted by molar-refractivity contribution is 5.96. The lowest BCUT2D eigenvalue weighted by atomic mass is 10.1. The number of rotatable bonds is 6. The number of ether oxygens (including phenoxy) is 2. The van der Waals surface area contributed by atoms with Crippen molar-refractivity contribution in [2.75, 3.05) is 27.3 Å². The maximum atomic E-state index is 5.41. The van der Waals surface area contributed by atoms with Gasteiger partial charge in [0.2, 0.25) is 0 Å². The van der Waals surface area contributed by atoms with E-state index in [0.717, 1.165) is 53.0 Å². The molecule has 30 heavy (non-hydrogen) atoms. The van der Waals surface area contributed by atoms with Crippen molar-refractivity contribution >= 4 is 34.5 Å². The summed E-state index contributed by atoms with van der Waals surface area (Å²) in [7, 11) is 5.22. The molecule has 0 saturated carbocycles. The Labute approximate surface area is 180 Å². The minimum Gasteiger partial charge on any atom is -0.491 e. The van der Waals surface area contributed by atoms with E-state index < -0.39 is 0 Å². The third kappa shape index (κ3) is 3.36. The van der Waals surface area contributed by atoms with Gasteiger partial charge in [0.15, 0.2) is 5.75 Å². The van der Waals surface area contributed by atoms with Crippen LogP contribution in [-0.4, -0.2) is 52.9 Å². The highest BCUT2D eigenvalue weighted by atomic mass is 35.5. The summed E-state index contributed by atoms with van der Waals surface area (Å²) in [5.41, 5.74) is 5.93. The van der Waals surface area contributed by atoms with Crippen molar-refractivity contribution in [2.45, 2.75) is 12.6 Å². The highest BCUT2D eigenvalue weighted by Crippen LogP contribution is 2.36. The molecule has 3 N–H and O–H groups in total. The first kappa shape index (κ1) is 20.5. The van der Waals surface area contributed by atoms with Crippen LogP contribution in [0.2, 0.25) is 0 Å². The fraction of sp³-hybridized carbons (Fsp3) is 0.333. The number of methoxy groups -OCH3 is 2. The van der Waals surface area contributed by atoms with Crippen molar-refractivity contribution < 1.29 is 9.47 Å². The number of aromatic nitrogens is 4. The summed E-state index contributed by atoms with van der Waals surface area (Å²) in [4.78, 5) is 12.7. The summed E-state index contributed by atoms with van der Waals surface area (Å²) in [5.74, 6) is 1.09. The van der Waals surface area contributed by atoms with E-state index in [1.54, 1.807) is 14.2 Å². The summed E-state index contributed by atoms with van der Waals surface area (Å²) in [6, 6.07) is 6.73. The molecule has 0 aliphatic carbocycles. The molecular weight excluding hydrogens is 404 g/mol. The van der Waals surface area contributed by atoms with Crippen LogP contribution >= 0.6 is 12.4 Å². The Morgan fingerprint density at radius 2 is 2.07 bits per heavy atom. The Bertz CT molecular complexity index is 1200. The largest absolute Gasteiger partial charge is 0.491 e. The zero-order chi connectivity index (χ0) is 20.0. The monoisotopic (exact) mass is 428 g/mol. The maximum Gasteiger partial charge on any atom is 0.257 e. The second kappa shape index (κ2) is 8.14. The molecule has 5 rings (SSSR count). The number of hydrogen-bond acceptors (Lipinski definition) is 6. The lowest BCUT2D eigenvalue weighted by Crippen LogP contribution is -2.54. The first-order chi connectivity index (χ1) is 14.2. The van der Waals surface area contributed by atoms with Gasteiger partial charge in [-0.2, -0.15) is 0 Å². The summed E-state index contributed by atoms with van der Waals surface area (Å²) < 4.78 is 12.9. The smallest absolute Gasteiger partial charge is 0.257 e. The van der Waals surface area contributed by atoms with Gasteiger partial charge >= 0.3 is 0 Å². The molecule has 5 heterocycles. The van der Waals surface area contributed by atoms with Crippen LogP contribution in [0.5, 0.6) is 11.6 Å². The van der Waals surface area contributed by atoms with Gasteiger partial charge in [-0.15, -0.1) is 12.4 Å². The van der Waals surface area contributed by atoms with Crippen LogP contribution in [0.15, 0.2) is 30.6 Å². The molecule has 4 aromatic heterocycles. The molecule has 0 spiro atoms. The predicted molar refractivity (Wildman–Crippen MR) is 120 cm³/mol. The number of pyridine rings is 2. The topological polar surface area (TPSA) is 89.0 Å². The van der Waals surface area contributed by atoms with E-state index in [1.807, 2.05) is 23.9 Å². The zero-order valence-electron chi connectivity index (χ0n) is 17.2. The van der Waals surface area contributed by atoms with E-state index in [4.69, 9.17) is 14.5 Å². The molecule has 0 radical (unpaired) electrons. The molecule has 8 nitrogen and oxygen atoms in total. The molecule has 0 unspecified atom stereocenters. The quantitative estimate of drug-likeness (QED) is 0.437. The molecule has 1 aliphatic rings. The van der Waals surface area contributed by atoms with Gasteiger partial charge in [0.05, 0.1) is 25.4 Å². The molecule has 1 saturated heterocycles. The molecule has 0 aromatic carbocycles. The molecule has 158 valence electrons. The van der Waals surface area contributed by atoms with Crippen molar-refractivity contribution in [3.63, 3.8) is 0 Å². The van der Waals surface area contributed by atoms with Crippen LogP contribution < -0.4 is 20.1 Å². The number of aromatic amines is 1. The Morgan fingerprint density at radius 1 is 1.23 bits per heavy atom. The first-order valence-corrected chi connectivity index (χ1v) is 9.67. The van der Waals surface area contributed by atoms with Crippen LogP contribution in [-0.2, 0) is 13.6 Å². The van der Waals surface area contributed by atoms with E-state index in [9.17, 15) is 0 Å². The lowest BCUT2D eigenvalue weighted by molar-refractivity contribution is 0.344. The van der Waals surface area contributed by atoms with Crippen LogP contribution in [0.1, 0.15) is 5.56 Å². The van der Waals surface area contributed by atoms with Gasteiger partial charge in [0.1, 0.15) is 11.2 Å². The Hall–Kier alpha value is -2.81. The number of H-pyrrole nitrogens is 1. The second-order valence-corrected chi connectivity index (χ2v) is 7.37. The van der Waals surface area contributed by atoms with Gasteiger partial charge in [0, 0.05) is 62.1 Å². The number of hydrogen-bond donors (Lipinski definition) is 3. The Morgan fingerprint density at radius 3 is 2.77 bits per heavy atom. The van der Waals surface area contributed by atoms with Gasteiger partial charge in [0.25, 0.3) is 5.88 Å². The SMILES string of the molecule is COc1cc2c(nc1OC)c(-c1cc3c(CNC4CNC4)ccnc3[nH]1)cn2C.Cl. The average molecular weight is 429 g/mol. The molecular formula is C21H25ClN6O2. The maximum absolute atomic E-state index is 5.41. The van der Waals surface area contributed by atoms with Gasteiger partial charge in [-0.25, -0.2) is 9.97 Å². The highest BCUT2D eigenvalue weighted by Gasteiger charge is 2.19. The number of nitrogens with zero attached hydrogens (tertiary/aromatic N) is 3. The number of fused-ring (bicyclic) bond motifs is 2. The Balaban J connectivity index is 0.00000218. The third-order valence-electron chi connectivity index (χ3n) is 5.58. The molecule has 1 aliphatic heterocycles. The normalized spacial score (nSPS) is 14.0. The van der Waals surface area contributed by atoms with Gasteiger partial charge < -0.3 is 29.7 Å². The Kier molecular flexibility index (Phi) is 5.55. The van der Waals surface area contributed by atoms with E-state index in [2.05, 4.69) is 38.9 Å². The second-order valence-electron chi connectivity index (χ2n) is 7.37. The van der Waals surface area contributed by atoms with Crippen molar-refractivity contribution in [2.24, 2.45) is 7.05 Å². The first-order valence-electron chi connectivity index (χ1n) is 9.67. The van der Waals surface area contributed by atoms with Crippen LogP contribution in [0.25, 0.3) is 33.3 Å². The van der Waals surface area contributed by atoms with Gasteiger partial charge in [-0.05, 0) is 17.7 Å². The van der Waals surface area contributed by atoms with Crippen molar-refractivity contribution in [1.82, 2.24) is 30.2 Å². The number of nitrogens with one attached hydrogen (secondary N) is 3. The fourth-order valence-electron chi connectivity index (χ4n) is 3.82. The summed E-state index contributed by atoms with van der Waals surface area (Å²) in [6.45, 7) is 2.88. The van der Waals surface area contributed by atoms with Crippen molar-refractivity contribution in [3.05, 3.63) is 36.2 Å². The lowest BCUT2D eigenvalue weighted by Gasteiger charge is -2.28. The molecule has 9 heteroatoms. The fourth-order valence-corrected chi connectivity index (χ4v) is 3.82. The van der Waals surface area contributed by atoms with Crippen molar-refractivity contribution in [3.8, 4) is 22.9 Å². The van der Waals surface area contributed by atoms with E-state index >= 15 is 0 Å². The van der Waals surface area contributed by atoms with E-state index in [0.29, 0.717) is 17.7 Å². The molecule has 1 fully saturated rings. The summed E-state index contributed by atoms with van der Waals surface area (Å²) in [5, 5.41) is 8.00. The zero-order valence-corrected chi connectivity index (χ0v) is 18.0. The number of aryl methyl sites for hydroxylation is 1. The molecule has 0 amide bonds. The van der Waals surface area contributed by atoms with Gasteiger partial charge in [-0.1, -0.05) is 0 Å². The van der Waals surface area contributed by atoms with Crippen LogP contribution in [0.3, 0.4) is 0 Å². The number of halogens is 1.